The molecule has 0 N–H and O–H groups in total. The number of ether oxygens (including phenoxy) is 1. The second-order valence-electron chi connectivity index (χ2n) is 12.0. The Morgan fingerprint density at radius 3 is 1.91 bits per heavy atom. The lowest BCUT2D eigenvalue weighted by molar-refractivity contribution is -0.384. The number of nitro groups is 1. The van der Waals surface area contributed by atoms with Gasteiger partial charge in [0, 0.05) is 23.3 Å². The number of amides is 3. The van der Waals surface area contributed by atoms with Gasteiger partial charge in [-0.3, -0.25) is 29.3 Å². The molecular weight excluding hydrogens is 578 g/mol. The molecule has 3 aromatic rings. The van der Waals surface area contributed by atoms with E-state index in [0.29, 0.717) is 17.4 Å². The first kappa shape index (κ1) is 28.3. The molecule has 11 heteroatoms. The van der Waals surface area contributed by atoms with Crippen molar-refractivity contribution in [3.63, 3.8) is 0 Å². The summed E-state index contributed by atoms with van der Waals surface area (Å²) in [5.41, 5.74) is 1.26. The predicted molar refractivity (Wildman–Crippen MR) is 158 cm³/mol. The molecule has 11 nitrogen and oxygen atoms in total. The van der Waals surface area contributed by atoms with E-state index in [1.165, 1.54) is 36.4 Å². The minimum atomic E-state index is -0.812. The number of benzene rings is 3. The van der Waals surface area contributed by atoms with Gasteiger partial charge in [-0.2, -0.15) is 5.01 Å². The van der Waals surface area contributed by atoms with Gasteiger partial charge in [0.25, 0.3) is 23.4 Å². The van der Waals surface area contributed by atoms with Crippen LogP contribution in [0.1, 0.15) is 43.1 Å². The number of carbonyl (C=O) groups is 5. The van der Waals surface area contributed by atoms with E-state index in [0.717, 1.165) is 34.1 Å². The number of hydrogen-bond acceptors (Lipinski definition) is 8. The van der Waals surface area contributed by atoms with Crippen LogP contribution in [0.2, 0.25) is 0 Å². The average molecular weight is 606 g/mol. The first-order chi connectivity index (χ1) is 21.6. The number of non-ortho nitro benzene ring substituents is 1. The molecule has 0 aromatic heterocycles. The molecule has 0 radical (unpaired) electrons. The number of imide groups is 1. The summed E-state index contributed by atoms with van der Waals surface area (Å²) in [4.78, 5) is 78.2. The summed E-state index contributed by atoms with van der Waals surface area (Å²) in [7, 11) is 0. The van der Waals surface area contributed by atoms with Crippen molar-refractivity contribution in [3.8, 4) is 5.75 Å². The highest BCUT2D eigenvalue weighted by atomic mass is 16.6. The highest BCUT2D eigenvalue weighted by molar-refractivity contribution is 6.10. The van der Waals surface area contributed by atoms with Gasteiger partial charge in [0.15, 0.2) is 5.78 Å². The number of ketones is 1. The summed E-state index contributed by atoms with van der Waals surface area (Å²) < 4.78 is 5.41. The number of carbonyl (C=O) groups excluding carboxylic acids is 5. The minimum Gasteiger partial charge on any atom is -0.423 e. The van der Waals surface area contributed by atoms with Crippen molar-refractivity contribution < 1.29 is 33.6 Å². The van der Waals surface area contributed by atoms with Gasteiger partial charge in [0.05, 0.1) is 22.3 Å². The number of rotatable bonds is 8. The lowest BCUT2D eigenvalue weighted by Crippen LogP contribution is -2.52. The number of nitro benzene ring substituents is 1. The molecule has 3 aromatic carbocycles. The molecule has 226 valence electrons. The third kappa shape index (κ3) is 4.80. The van der Waals surface area contributed by atoms with Gasteiger partial charge >= 0.3 is 5.97 Å². The van der Waals surface area contributed by atoms with Crippen molar-refractivity contribution in [2.75, 3.05) is 6.54 Å². The van der Waals surface area contributed by atoms with Crippen LogP contribution in [0.5, 0.6) is 5.75 Å². The molecule has 2 saturated carbocycles. The molecule has 8 rings (SSSR count). The van der Waals surface area contributed by atoms with Gasteiger partial charge in [-0.15, -0.1) is 0 Å². The molecule has 0 unspecified atom stereocenters. The van der Waals surface area contributed by atoms with E-state index in [-0.39, 0.29) is 34.4 Å². The molecule has 2 bridgehead atoms. The Bertz CT molecular complexity index is 1760. The molecule has 5 aliphatic rings. The second-order valence-corrected chi connectivity index (χ2v) is 12.0. The van der Waals surface area contributed by atoms with Crippen LogP contribution >= 0.6 is 0 Å². The van der Waals surface area contributed by atoms with E-state index in [1.54, 1.807) is 24.3 Å². The molecular formula is C34H27N3O8. The van der Waals surface area contributed by atoms with Crippen molar-refractivity contribution in [2.45, 2.75) is 13.3 Å². The zero-order valence-corrected chi connectivity index (χ0v) is 24.1. The zero-order chi connectivity index (χ0) is 31.6. The molecule has 0 spiro atoms. The number of hydrogen-bond donors (Lipinski definition) is 0. The molecule has 6 atom stereocenters. The monoisotopic (exact) mass is 605 g/mol. The third-order valence-electron chi connectivity index (χ3n) is 9.41. The van der Waals surface area contributed by atoms with Gasteiger partial charge in [0.1, 0.15) is 12.3 Å². The highest BCUT2D eigenvalue weighted by Crippen LogP contribution is 2.65. The second kappa shape index (κ2) is 10.6. The fourth-order valence-corrected chi connectivity index (χ4v) is 7.08. The van der Waals surface area contributed by atoms with Gasteiger partial charge in [-0.05, 0) is 85.5 Å². The lowest BCUT2D eigenvalue weighted by atomic mass is 9.63. The number of hydrazine groups is 1. The first-order valence-electron chi connectivity index (χ1n) is 14.7. The largest absolute Gasteiger partial charge is 0.423 e. The van der Waals surface area contributed by atoms with E-state index in [2.05, 4.69) is 0 Å². The van der Waals surface area contributed by atoms with Gasteiger partial charge in [-0.1, -0.05) is 29.8 Å². The van der Waals surface area contributed by atoms with Crippen LogP contribution in [0.4, 0.5) is 5.69 Å². The fourth-order valence-electron chi connectivity index (χ4n) is 7.08. The Morgan fingerprint density at radius 2 is 1.36 bits per heavy atom. The molecule has 3 fully saturated rings. The minimum absolute atomic E-state index is 0.0221. The van der Waals surface area contributed by atoms with Crippen LogP contribution in [-0.2, 0) is 9.59 Å². The van der Waals surface area contributed by atoms with Gasteiger partial charge < -0.3 is 4.74 Å². The highest BCUT2D eigenvalue weighted by Gasteiger charge is 2.68. The number of aryl methyl sites for hydroxylation is 1. The number of allylic oxidation sites excluding steroid dienone is 2. The molecule has 4 aliphatic carbocycles. The lowest BCUT2D eigenvalue weighted by Gasteiger charge is -2.37. The van der Waals surface area contributed by atoms with Crippen molar-refractivity contribution in [1.29, 1.82) is 0 Å². The standard InChI is InChI=1S/C34H27N3O8/c1-18-2-4-21(5-3-18)34(42)45-23-12-8-19(9-13-23)28(38)17-35(31(39)20-6-10-22(11-7-20)37(43)44)36-32(40)29-24-14-15-25(27-16-26(24)27)30(29)33(36)41/h2-15,24-27,29-30H,16-17H2,1H3/t24-,25-,26-,27-,29-,30+/m0/s1. The van der Waals surface area contributed by atoms with Crippen LogP contribution in [-0.4, -0.2) is 51.0 Å². The summed E-state index contributed by atoms with van der Waals surface area (Å²) in [6.07, 6.45) is 4.99. The third-order valence-corrected chi connectivity index (χ3v) is 9.41. The van der Waals surface area contributed by atoms with E-state index < -0.39 is 52.8 Å². The molecule has 45 heavy (non-hydrogen) atoms. The van der Waals surface area contributed by atoms with Crippen LogP contribution in [0.25, 0.3) is 0 Å². The zero-order valence-electron chi connectivity index (χ0n) is 24.1. The van der Waals surface area contributed by atoms with Crippen LogP contribution in [0.15, 0.2) is 84.9 Å². The topological polar surface area (TPSA) is 144 Å². The van der Waals surface area contributed by atoms with E-state index in [4.69, 9.17) is 4.74 Å². The smallest absolute Gasteiger partial charge is 0.343 e. The summed E-state index contributed by atoms with van der Waals surface area (Å²) in [6.45, 7) is 1.27. The summed E-state index contributed by atoms with van der Waals surface area (Å²) in [5, 5.41) is 12.8. The predicted octanol–water partition coefficient (Wildman–Crippen LogP) is 4.42. The first-order valence-corrected chi connectivity index (χ1v) is 14.7. The Labute approximate surface area is 257 Å². The normalized spacial score (nSPS) is 25.4. The number of Topliss-reactive ketones (excluding diaryl/α,β-unsaturated/α-hetero) is 1. The quantitative estimate of drug-likeness (QED) is 0.0698. The number of nitrogens with zero attached hydrogens (tertiary/aromatic N) is 3. The fraction of sp³-hybridized carbons (Fsp3) is 0.265. The van der Waals surface area contributed by atoms with E-state index >= 15 is 0 Å². The summed E-state index contributed by atoms with van der Waals surface area (Å²) in [6, 6.07) is 17.4. The van der Waals surface area contributed by atoms with Crippen molar-refractivity contribution in [1.82, 2.24) is 10.0 Å². The van der Waals surface area contributed by atoms with Crippen molar-refractivity contribution >= 4 is 35.2 Å². The Morgan fingerprint density at radius 1 is 0.822 bits per heavy atom. The van der Waals surface area contributed by atoms with Crippen LogP contribution in [0.3, 0.4) is 0 Å². The maximum atomic E-state index is 13.9. The molecule has 1 aliphatic heterocycles. The maximum Gasteiger partial charge on any atom is 0.343 e. The molecule has 1 heterocycles. The summed E-state index contributed by atoms with van der Waals surface area (Å²) >= 11 is 0. The van der Waals surface area contributed by atoms with Crippen LogP contribution < -0.4 is 4.74 Å². The Balaban J connectivity index is 1.14. The van der Waals surface area contributed by atoms with Crippen molar-refractivity contribution in [3.05, 3.63) is 117 Å². The Kier molecular flexibility index (Phi) is 6.68. The van der Waals surface area contributed by atoms with Crippen LogP contribution in [0, 0.1) is 52.5 Å². The van der Waals surface area contributed by atoms with Crippen molar-refractivity contribution in [2.24, 2.45) is 35.5 Å². The molecule has 3 amide bonds. The van der Waals surface area contributed by atoms with E-state index in [9.17, 15) is 34.1 Å². The van der Waals surface area contributed by atoms with Gasteiger partial charge in [0.2, 0.25) is 0 Å². The van der Waals surface area contributed by atoms with E-state index in [1.807, 2.05) is 19.1 Å². The molecule has 1 saturated heterocycles. The van der Waals surface area contributed by atoms with Gasteiger partial charge in [-0.25, -0.2) is 9.80 Å². The average Bonchev–Trinajstić information content (AvgIpc) is 3.83. The number of esters is 1. The SMILES string of the molecule is Cc1ccc(C(=O)Oc2ccc(C(=O)CN(C(=O)c3ccc([N+](=O)[O-])cc3)N3C(=O)[C@@H]4[C@H]5C=C[C@@H]([C@@H]6C[C@@H]56)[C@@H]4C3=O)cc2)cc1. The Hall–Kier alpha value is -5.45. The maximum absolute atomic E-state index is 13.9. The summed E-state index contributed by atoms with van der Waals surface area (Å²) in [5.74, 6) is -3.46.